The summed E-state index contributed by atoms with van der Waals surface area (Å²) >= 11 is 7.67. The van der Waals surface area contributed by atoms with Gasteiger partial charge in [-0.2, -0.15) is 0 Å². The number of anilines is 1. The fourth-order valence-corrected chi connectivity index (χ4v) is 3.48. The van der Waals surface area contributed by atoms with Crippen molar-refractivity contribution >= 4 is 28.1 Å². The van der Waals surface area contributed by atoms with E-state index in [1.807, 2.05) is 24.4 Å². The van der Waals surface area contributed by atoms with Crippen LogP contribution in [0.2, 0.25) is 5.02 Å². The normalized spacial score (nSPS) is 20.1. The molecule has 0 bridgehead atoms. The van der Waals surface area contributed by atoms with Crippen molar-refractivity contribution in [1.29, 1.82) is 0 Å². The summed E-state index contributed by atoms with van der Waals surface area (Å²) in [5.74, 6) is 0. The highest BCUT2D eigenvalue weighted by Gasteiger charge is 2.24. The van der Waals surface area contributed by atoms with Crippen LogP contribution in [0.1, 0.15) is 16.5 Å². The topological polar surface area (TPSA) is 54.2 Å². The maximum atomic E-state index is 6.11. The first kappa shape index (κ1) is 13.8. The molecule has 1 aliphatic heterocycles. The zero-order valence-electron chi connectivity index (χ0n) is 11.1. The number of nitrogens with one attached hydrogen (secondary N) is 1. The van der Waals surface area contributed by atoms with Crippen molar-refractivity contribution in [3.63, 3.8) is 0 Å². The molecule has 1 aliphatic rings. The van der Waals surface area contributed by atoms with Crippen molar-refractivity contribution in [2.24, 2.45) is 0 Å². The van der Waals surface area contributed by atoms with E-state index in [4.69, 9.17) is 17.3 Å². The maximum Gasteiger partial charge on any atom is 0.180 e. The van der Waals surface area contributed by atoms with Gasteiger partial charge in [0, 0.05) is 48.3 Å². The lowest BCUT2D eigenvalue weighted by molar-refractivity contribution is 0.155. The number of halogens is 1. The molecular formula is C14H17ClN4S. The Hall–Kier alpha value is -1.14. The molecule has 1 aromatic heterocycles. The molecule has 0 saturated carbocycles. The lowest BCUT2D eigenvalue weighted by atomic mass is 10.0. The number of nitrogens with zero attached hydrogens (tertiary/aromatic N) is 2. The summed E-state index contributed by atoms with van der Waals surface area (Å²) in [5.41, 5.74) is 6.96. The van der Waals surface area contributed by atoms with E-state index in [0.717, 1.165) is 31.2 Å². The van der Waals surface area contributed by atoms with Gasteiger partial charge in [0.25, 0.3) is 0 Å². The second-order valence-corrected chi connectivity index (χ2v) is 6.49. The van der Waals surface area contributed by atoms with Crippen LogP contribution in [0.4, 0.5) is 5.13 Å². The minimum absolute atomic E-state index is 0.339. The maximum absolute atomic E-state index is 6.11. The van der Waals surface area contributed by atoms with Gasteiger partial charge in [-0.3, -0.25) is 4.90 Å². The molecular weight excluding hydrogens is 292 g/mol. The van der Waals surface area contributed by atoms with Gasteiger partial charge in [-0.15, -0.1) is 11.3 Å². The summed E-state index contributed by atoms with van der Waals surface area (Å²) in [7, 11) is 0. The molecule has 1 unspecified atom stereocenters. The molecule has 0 spiro atoms. The van der Waals surface area contributed by atoms with E-state index in [9.17, 15) is 0 Å². The second kappa shape index (κ2) is 6.10. The third-order valence-corrected chi connectivity index (χ3v) is 4.56. The van der Waals surface area contributed by atoms with E-state index in [1.54, 1.807) is 11.3 Å². The van der Waals surface area contributed by atoms with Gasteiger partial charge < -0.3 is 11.1 Å². The highest BCUT2D eigenvalue weighted by Crippen LogP contribution is 2.27. The molecule has 3 rings (SSSR count). The smallest absolute Gasteiger partial charge is 0.180 e. The molecule has 2 aromatic rings. The first-order valence-electron chi connectivity index (χ1n) is 6.63. The largest absolute Gasteiger partial charge is 0.375 e. The Bertz CT molecular complexity index is 586. The van der Waals surface area contributed by atoms with Crippen LogP contribution in [-0.4, -0.2) is 29.5 Å². The summed E-state index contributed by atoms with van der Waals surface area (Å²) < 4.78 is 0. The number of thiazole rings is 1. The second-order valence-electron chi connectivity index (χ2n) is 4.91. The van der Waals surface area contributed by atoms with Crippen LogP contribution >= 0.6 is 22.9 Å². The summed E-state index contributed by atoms with van der Waals surface area (Å²) in [6.07, 6.45) is 1.87. The molecule has 4 nitrogen and oxygen atoms in total. The molecule has 0 radical (unpaired) electrons. The van der Waals surface area contributed by atoms with Crippen molar-refractivity contribution in [2.75, 3.05) is 25.4 Å². The van der Waals surface area contributed by atoms with Crippen molar-refractivity contribution in [1.82, 2.24) is 15.2 Å². The Morgan fingerprint density at radius 3 is 3.15 bits per heavy atom. The number of hydrogen-bond acceptors (Lipinski definition) is 5. The average Bonchev–Trinajstić information content (AvgIpc) is 2.85. The van der Waals surface area contributed by atoms with Gasteiger partial charge in [0.1, 0.15) is 0 Å². The van der Waals surface area contributed by atoms with Gasteiger partial charge in [-0.1, -0.05) is 23.7 Å². The Morgan fingerprint density at radius 2 is 2.40 bits per heavy atom. The molecule has 1 saturated heterocycles. The number of aromatic nitrogens is 1. The Balaban J connectivity index is 1.80. The highest BCUT2D eigenvalue weighted by molar-refractivity contribution is 7.15. The summed E-state index contributed by atoms with van der Waals surface area (Å²) in [4.78, 5) is 7.79. The predicted octanol–water partition coefficient (Wildman–Crippen LogP) is 2.53. The molecule has 20 heavy (non-hydrogen) atoms. The molecule has 0 aliphatic carbocycles. The average molecular weight is 309 g/mol. The summed E-state index contributed by atoms with van der Waals surface area (Å²) in [6.45, 7) is 3.84. The number of hydrogen-bond donors (Lipinski definition) is 2. The van der Waals surface area contributed by atoms with Crippen LogP contribution in [0.3, 0.4) is 0 Å². The zero-order valence-corrected chi connectivity index (χ0v) is 12.6. The standard InChI is InChI=1S/C14H17ClN4S/c15-11-3-1-2-10(6-11)13-8-17-4-5-19(13)9-12-7-18-14(16)20-12/h1-3,6-7,13,17H,4-5,8-9H2,(H2,16,18). The molecule has 1 fully saturated rings. The number of rotatable bonds is 3. The summed E-state index contributed by atoms with van der Waals surface area (Å²) in [6, 6.07) is 8.45. The monoisotopic (exact) mass is 308 g/mol. The Labute approximate surface area is 127 Å². The molecule has 6 heteroatoms. The number of nitrogens with two attached hydrogens (primary N) is 1. The van der Waals surface area contributed by atoms with Gasteiger partial charge in [0.15, 0.2) is 5.13 Å². The van der Waals surface area contributed by atoms with Crippen molar-refractivity contribution < 1.29 is 0 Å². The van der Waals surface area contributed by atoms with E-state index in [-0.39, 0.29) is 0 Å². The first-order chi connectivity index (χ1) is 9.72. The molecule has 106 valence electrons. The van der Waals surface area contributed by atoms with Crippen LogP contribution < -0.4 is 11.1 Å². The third-order valence-electron chi connectivity index (χ3n) is 3.52. The molecule has 3 N–H and O–H groups in total. The summed E-state index contributed by atoms with van der Waals surface area (Å²) in [5, 5.41) is 4.87. The number of benzene rings is 1. The van der Waals surface area contributed by atoms with Gasteiger partial charge in [0.05, 0.1) is 0 Å². The number of piperazine rings is 1. The van der Waals surface area contributed by atoms with Gasteiger partial charge >= 0.3 is 0 Å². The minimum Gasteiger partial charge on any atom is -0.375 e. The predicted molar refractivity (Wildman–Crippen MR) is 84.0 cm³/mol. The highest BCUT2D eigenvalue weighted by atomic mass is 35.5. The van der Waals surface area contributed by atoms with Crippen LogP contribution in [0.25, 0.3) is 0 Å². The molecule has 0 amide bonds. The van der Waals surface area contributed by atoms with Crippen molar-refractivity contribution in [3.8, 4) is 0 Å². The van der Waals surface area contributed by atoms with Crippen molar-refractivity contribution in [3.05, 3.63) is 45.9 Å². The van der Waals surface area contributed by atoms with Gasteiger partial charge in [0.2, 0.25) is 0 Å². The van der Waals surface area contributed by atoms with E-state index in [0.29, 0.717) is 11.2 Å². The molecule has 1 aromatic carbocycles. The van der Waals surface area contributed by atoms with E-state index in [2.05, 4.69) is 21.3 Å². The SMILES string of the molecule is Nc1ncc(CN2CCNCC2c2cccc(Cl)c2)s1. The number of nitrogen functional groups attached to an aromatic ring is 1. The van der Waals surface area contributed by atoms with Crippen LogP contribution in [0.5, 0.6) is 0 Å². The van der Waals surface area contributed by atoms with E-state index < -0.39 is 0 Å². The van der Waals surface area contributed by atoms with Crippen LogP contribution in [0, 0.1) is 0 Å². The van der Waals surface area contributed by atoms with Gasteiger partial charge in [-0.25, -0.2) is 4.98 Å². The van der Waals surface area contributed by atoms with E-state index in [1.165, 1.54) is 10.4 Å². The lowest BCUT2D eigenvalue weighted by Gasteiger charge is -2.36. The van der Waals surface area contributed by atoms with Crippen LogP contribution in [-0.2, 0) is 6.54 Å². The third kappa shape index (κ3) is 3.12. The quantitative estimate of drug-likeness (QED) is 0.915. The van der Waals surface area contributed by atoms with Crippen molar-refractivity contribution in [2.45, 2.75) is 12.6 Å². The first-order valence-corrected chi connectivity index (χ1v) is 7.82. The van der Waals surface area contributed by atoms with Gasteiger partial charge in [-0.05, 0) is 17.7 Å². The lowest BCUT2D eigenvalue weighted by Crippen LogP contribution is -2.45. The Kier molecular flexibility index (Phi) is 4.21. The fraction of sp³-hybridized carbons (Fsp3) is 0.357. The zero-order chi connectivity index (χ0) is 13.9. The fourth-order valence-electron chi connectivity index (χ4n) is 2.57. The van der Waals surface area contributed by atoms with E-state index >= 15 is 0 Å². The van der Waals surface area contributed by atoms with Crippen LogP contribution in [0.15, 0.2) is 30.5 Å². The molecule has 1 atom stereocenters. The molecule has 2 heterocycles. The minimum atomic E-state index is 0.339. The Morgan fingerprint density at radius 1 is 1.50 bits per heavy atom.